The lowest BCUT2D eigenvalue weighted by atomic mass is 9.87. The lowest BCUT2D eigenvalue weighted by Crippen LogP contribution is -2.51. The molecule has 2 aliphatic rings. The number of nitrogens with zero attached hydrogens (tertiary/aromatic N) is 1. The molecule has 0 saturated carbocycles. The van der Waals surface area contributed by atoms with Gasteiger partial charge in [0.2, 0.25) is 0 Å². The van der Waals surface area contributed by atoms with Gasteiger partial charge in [-0.15, -0.1) is 0 Å². The number of hydrogen-bond acceptors (Lipinski definition) is 4. The molecule has 0 aliphatic carbocycles. The molecule has 2 atom stereocenters. The zero-order valence-corrected chi connectivity index (χ0v) is 12.3. The molecule has 5 nitrogen and oxygen atoms in total. The summed E-state index contributed by atoms with van der Waals surface area (Å²) in [5, 5.41) is 0. The van der Waals surface area contributed by atoms with Gasteiger partial charge < -0.3 is 20.1 Å². The van der Waals surface area contributed by atoms with Gasteiger partial charge in [-0.2, -0.15) is 0 Å². The highest BCUT2D eigenvalue weighted by Crippen LogP contribution is 2.37. The number of amides is 1. The van der Waals surface area contributed by atoms with Crippen LogP contribution in [0.2, 0.25) is 0 Å². The lowest BCUT2D eigenvalue weighted by molar-refractivity contribution is -0.0577. The van der Waals surface area contributed by atoms with Crippen molar-refractivity contribution in [2.45, 2.75) is 51.2 Å². The molecule has 0 aromatic rings. The van der Waals surface area contributed by atoms with Gasteiger partial charge in [-0.05, 0) is 52.5 Å². The molecule has 0 bridgehead atoms. The molecule has 2 saturated heterocycles. The van der Waals surface area contributed by atoms with Crippen LogP contribution < -0.4 is 5.73 Å². The Morgan fingerprint density at radius 2 is 2.26 bits per heavy atom. The first-order valence-electron chi connectivity index (χ1n) is 7.15. The molecule has 2 N–H and O–H groups in total. The second kappa shape index (κ2) is 5.29. The molecule has 2 heterocycles. The SMILES string of the molecule is CC(C)(C)OC(=O)N1CCC[C@@]2(C[C@@H](CN)CO2)C1. The van der Waals surface area contributed by atoms with Crippen LogP contribution in [-0.4, -0.2) is 48.4 Å². The van der Waals surface area contributed by atoms with Crippen molar-refractivity contribution in [3.8, 4) is 0 Å². The first-order valence-corrected chi connectivity index (χ1v) is 7.15. The Bertz CT molecular complexity index is 340. The van der Waals surface area contributed by atoms with Crippen molar-refractivity contribution in [3.05, 3.63) is 0 Å². The van der Waals surface area contributed by atoms with Gasteiger partial charge in [0.05, 0.1) is 18.8 Å². The van der Waals surface area contributed by atoms with E-state index in [0.29, 0.717) is 19.0 Å². The van der Waals surface area contributed by atoms with Crippen molar-refractivity contribution in [1.82, 2.24) is 4.90 Å². The quantitative estimate of drug-likeness (QED) is 0.788. The van der Waals surface area contributed by atoms with Crippen LogP contribution in [0.4, 0.5) is 4.79 Å². The van der Waals surface area contributed by atoms with Crippen LogP contribution in [0.5, 0.6) is 0 Å². The molecule has 2 aliphatic heterocycles. The van der Waals surface area contributed by atoms with E-state index in [1.807, 2.05) is 20.8 Å². The summed E-state index contributed by atoms with van der Waals surface area (Å²) in [6, 6.07) is 0. The molecular formula is C14H26N2O3. The van der Waals surface area contributed by atoms with Crippen molar-refractivity contribution in [3.63, 3.8) is 0 Å². The molecule has 0 aromatic carbocycles. The Labute approximate surface area is 115 Å². The normalized spacial score (nSPS) is 31.8. The fraction of sp³-hybridized carbons (Fsp3) is 0.929. The van der Waals surface area contributed by atoms with Gasteiger partial charge in [0, 0.05) is 6.54 Å². The zero-order valence-electron chi connectivity index (χ0n) is 12.3. The third-order valence-corrected chi connectivity index (χ3v) is 3.81. The van der Waals surface area contributed by atoms with Gasteiger partial charge in [-0.3, -0.25) is 0 Å². The van der Waals surface area contributed by atoms with Gasteiger partial charge in [-0.25, -0.2) is 4.79 Å². The number of nitrogens with two attached hydrogens (primary N) is 1. The van der Waals surface area contributed by atoms with Crippen molar-refractivity contribution in [1.29, 1.82) is 0 Å². The lowest BCUT2D eigenvalue weighted by Gasteiger charge is -2.40. The molecule has 1 amide bonds. The summed E-state index contributed by atoms with van der Waals surface area (Å²) in [5.41, 5.74) is 5.09. The summed E-state index contributed by atoms with van der Waals surface area (Å²) in [4.78, 5) is 13.9. The van der Waals surface area contributed by atoms with Crippen LogP contribution >= 0.6 is 0 Å². The van der Waals surface area contributed by atoms with Crippen LogP contribution in [0.3, 0.4) is 0 Å². The summed E-state index contributed by atoms with van der Waals surface area (Å²) in [7, 11) is 0. The highest BCUT2D eigenvalue weighted by atomic mass is 16.6. The maximum absolute atomic E-state index is 12.1. The number of ether oxygens (including phenoxy) is 2. The number of piperidine rings is 1. The van der Waals surface area contributed by atoms with Gasteiger partial charge in [0.1, 0.15) is 5.60 Å². The van der Waals surface area contributed by atoms with E-state index in [-0.39, 0.29) is 11.7 Å². The number of hydrogen-bond donors (Lipinski definition) is 1. The van der Waals surface area contributed by atoms with Crippen molar-refractivity contribution in [2.75, 3.05) is 26.2 Å². The third-order valence-electron chi connectivity index (χ3n) is 3.81. The maximum Gasteiger partial charge on any atom is 0.410 e. The minimum absolute atomic E-state index is 0.181. The molecule has 2 fully saturated rings. The van der Waals surface area contributed by atoms with E-state index < -0.39 is 5.60 Å². The smallest absolute Gasteiger partial charge is 0.410 e. The Morgan fingerprint density at radius 1 is 1.53 bits per heavy atom. The molecule has 19 heavy (non-hydrogen) atoms. The summed E-state index contributed by atoms with van der Waals surface area (Å²) in [6.45, 7) is 8.45. The molecule has 2 rings (SSSR count). The molecule has 0 unspecified atom stereocenters. The highest BCUT2D eigenvalue weighted by Gasteiger charge is 2.44. The van der Waals surface area contributed by atoms with E-state index in [1.165, 1.54) is 0 Å². The van der Waals surface area contributed by atoms with E-state index in [0.717, 1.165) is 32.4 Å². The molecule has 110 valence electrons. The number of carbonyl (C=O) groups is 1. The van der Waals surface area contributed by atoms with Gasteiger partial charge in [0.25, 0.3) is 0 Å². The number of carbonyl (C=O) groups excluding carboxylic acids is 1. The molecule has 0 aromatic heterocycles. The second-order valence-electron chi connectivity index (χ2n) is 6.81. The fourth-order valence-corrected chi connectivity index (χ4v) is 2.95. The summed E-state index contributed by atoms with van der Waals surface area (Å²) in [5.74, 6) is 0.429. The van der Waals surface area contributed by atoms with Gasteiger partial charge in [0.15, 0.2) is 0 Å². The standard InChI is InChI=1S/C14H26N2O3/c1-13(2,3)19-12(17)16-6-4-5-14(10-16)7-11(8-15)9-18-14/h11H,4-10,15H2,1-3H3/t11-,14+/m0/s1. The van der Waals surface area contributed by atoms with Crippen molar-refractivity contribution >= 4 is 6.09 Å². The minimum Gasteiger partial charge on any atom is -0.444 e. The molecule has 0 radical (unpaired) electrons. The maximum atomic E-state index is 12.1. The Hall–Kier alpha value is -0.810. The van der Waals surface area contributed by atoms with Gasteiger partial charge >= 0.3 is 6.09 Å². The Morgan fingerprint density at radius 3 is 2.84 bits per heavy atom. The molecule has 5 heteroatoms. The Balaban J connectivity index is 1.96. The van der Waals surface area contributed by atoms with Crippen molar-refractivity contribution in [2.24, 2.45) is 11.7 Å². The number of rotatable bonds is 1. The molecule has 1 spiro atoms. The third kappa shape index (κ3) is 3.60. The molecular weight excluding hydrogens is 244 g/mol. The minimum atomic E-state index is -0.446. The summed E-state index contributed by atoms with van der Waals surface area (Å²) >= 11 is 0. The Kier molecular flexibility index (Phi) is 4.06. The second-order valence-corrected chi connectivity index (χ2v) is 6.81. The fourth-order valence-electron chi connectivity index (χ4n) is 2.95. The largest absolute Gasteiger partial charge is 0.444 e. The van der Waals surface area contributed by atoms with Crippen LogP contribution in [-0.2, 0) is 9.47 Å². The zero-order chi connectivity index (χ0) is 14.1. The van der Waals surface area contributed by atoms with Crippen LogP contribution in [0.1, 0.15) is 40.0 Å². The van der Waals surface area contributed by atoms with Crippen LogP contribution in [0.25, 0.3) is 0 Å². The van der Waals surface area contributed by atoms with Crippen LogP contribution in [0.15, 0.2) is 0 Å². The van der Waals surface area contributed by atoms with E-state index in [9.17, 15) is 4.79 Å². The van der Waals surface area contributed by atoms with E-state index in [1.54, 1.807) is 4.90 Å². The van der Waals surface area contributed by atoms with Gasteiger partial charge in [-0.1, -0.05) is 0 Å². The van der Waals surface area contributed by atoms with E-state index in [4.69, 9.17) is 15.2 Å². The monoisotopic (exact) mass is 270 g/mol. The van der Waals surface area contributed by atoms with E-state index >= 15 is 0 Å². The van der Waals surface area contributed by atoms with E-state index in [2.05, 4.69) is 0 Å². The highest BCUT2D eigenvalue weighted by molar-refractivity contribution is 5.68. The summed E-state index contributed by atoms with van der Waals surface area (Å²) in [6.07, 6.45) is 2.72. The predicted molar refractivity (Wildman–Crippen MR) is 72.9 cm³/mol. The van der Waals surface area contributed by atoms with Crippen molar-refractivity contribution < 1.29 is 14.3 Å². The van der Waals surface area contributed by atoms with Crippen LogP contribution in [0, 0.1) is 5.92 Å². The summed E-state index contributed by atoms with van der Waals surface area (Å²) < 4.78 is 11.4. The average molecular weight is 270 g/mol. The topological polar surface area (TPSA) is 64.8 Å². The average Bonchev–Trinajstić information content (AvgIpc) is 2.70. The number of likely N-dealkylation sites (tertiary alicyclic amines) is 1. The first-order chi connectivity index (χ1) is 8.84. The predicted octanol–water partition coefficient (Wildman–Crippen LogP) is 1.75. The first kappa shape index (κ1) is 14.6.